The molecule has 3 rings (SSSR count). The van der Waals surface area contributed by atoms with Gasteiger partial charge in [-0.25, -0.2) is 4.98 Å². The molecule has 0 saturated heterocycles. The summed E-state index contributed by atoms with van der Waals surface area (Å²) < 4.78 is 40.2. The van der Waals surface area contributed by atoms with Crippen molar-refractivity contribution in [3.8, 4) is 0 Å². The number of rotatable bonds is 5. The van der Waals surface area contributed by atoms with Gasteiger partial charge in [-0.3, -0.25) is 9.20 Å². The number of alkyl halides is 3. The van der Waals surface area contributed by atoms with E-state index in [1.807, 2.05) is 0 Å². The Hall–Kier alpha value is -3.04. The number of anilines is 1. The number of nitrogens with zero attached hydrogens (tertiary/aromatic N) is 2. The molecule has 29 heavy (non-hydrogen) atoms. The summed E-state index contributed by atoms with van der Waals surface area (Å²) in [5.74, 6) is 0.185. The molecular weight excluding hydrogens is 385 g/mol. The third-order valence-electron chi connectivity index (χ3n) is 5.01. The highest BCUT2D eigenvalue weighted by molar-refractivity contribution is 6.11. The van der Waals surface area contributed by atoms with Crippen molar-refractivity contribution in [1.82, 2.24) is 14.7 Å². The average Bonchev–Trinajstić information content (AvgIpc) is 3.09. The van der Waals surface area contributed by atoms with E-state index in [0.29, 0.717) is 24.4 Å². The molecule has 2 aromatic heterocycles. The number of allylic oxidation sites excluding steroid dienone is 1. The third kappa shape index (κ3) is 4.69. The van der Waals surface area contributed by atoms with Gasteiger partial charge in [0, 0.05) is 30.2 Å². The summed E-state index contributed by atoms with van der Waals surface area (Å²) in [6.45, 7) is 1.57. The number of hydrogen-bond acceptors (Lipinski definition) is 5. The molecule has 7 nitrogen and oxygen atoms in total. The summed E-state index contributed by atoms with van der Waals surface area (Å²) in [6, 6.07) is 4.95. The Morgan fingerprint density at radius 1 is 1.28 bits per heavy atom. The zero-order chi connectivity index (χ0) is 21.2. The predicted molar refractivity (Wildman–Crippen MR) is 104 cm³/mol. The molecule has 1 aliphatic carbocycles. The second kappa shape index (κ2) is 8.14. The number of amides is 1. The molecule has 0 bridgehead atoms. The van der Waals surface area contributed by atoms with Gasteiger partial charge in [0.15, 0.2) is 5.69 Å². The van der Waals surface area contributed by atoms with Crippen molar-refractivity contribution in [1.29, 1.82) is 5.41 Å². The first-order chi connectivity index (χ1) is 13.7. The van der Waals surface area contributed by atoms with Crippen LogP contribution in [0.4, 0.5) is 19.0 Å². The second-order valence-electron chi connectivity index (χ2n) is 7.17. The van der Waals surface area contributed by atoms with Crippen molar-refractivity contribution in [2.24, 2.45) is 5.73 Å². The van der Waals surface area contributed by atoms with Crippen LogP contribution in [0.2, 0.25) is 0 Å². The Bertz CT molecular complexity index is 937. The predicted octanol–water partition coefficient (Wildman–Crippen LogP) is 3.07. The van der Waals surface area contributed by atoms with E-state index in [1.165, 1.54) is 10.5 Å². The van der Waals surface area contributed by atoms with Crippen molar-refractivity contribution < 1.29 is 18.0 Å². The van der Waals surface area contributed by atoms with Crippen LogP contribution in [-0.4, -0.2) is 33.6 Å². The minimum Gasteiger partial charge on any atom is -0.402 e. The maximum atomic E-state index is 12.9. The molecule has 0 aromatic carbocycles. The first-order valence-electron chi connectivity index (χ1n) is 9.28. The maximum absolute atomic E-state index is 12.9. The highest BCUT2D eigenvalue weighted by atomic mass is 19.4. The van der Waals surface area contributed by atoms with Crippen molar-refractivity contribution in [3.05, 3.63) is 41.4 Å². The lowest BCUT2D eigenvalue weighted by Gasteiger charge is -2.30. The van der Waals surface area contributed by atoms with Gasteiger partial charge in [0.05, 0.1) is 5.57 Å². The van der Waals surface area contributed by atoms with Crippen LogP contribution in [0.1, 0.15) is 38.3 Å². The number of nitrogens with two attached hydrogens (primary N) is 1. The summed E-state index contributed by atoms with van der Waals surface area (Å²) >= 11 is 0. The molecule has 1 fully saturated rings. The van der Waals surface area contributed by atoms with E-state index in [9.17, 15) is 18.0 Å². The normalized spacial score (nSPS) is 20.8. The minimum atomic E-state index is -4.49. The van der Waals surface area contributed by atoms with Crippen LogP contribution in [-0.2, 0) is 11.0 Å². The summed E-state index contributed by atoms with van der Waals surface area (Å²) in [5.41, 5.74) is 5.36. The lowest BCUT2D eigenvalue weighted by atomic mass is 9.91. The fraction of sp³-hybridized carbons (Fsp3) is 0.421. The molecule has 2 aromatic rings. The number of imidazole rings is 1. The van der Waals surface area contributed by atoms with E-state index >= 15 is 0 Å². The standard InChI is InChI=1S/C19H23F3N6O/c1-11(24)14(9-23)18(29)26-13-7-5-12(6-8-13)25-16-3-2-4-17-27-15(10-28(16)17)19(20,21)22/h2-4,9-10,12-13,23,25H,5-8,24H2,1H3,(H,26,29)/b14-11+,23-9?. The minimum absolute atomic E-state index is 0.0317. The number of fused-ring (bicyclic) bond motifs is 1. The SMILES string of the molecule is C/C(N)=C(/C=N)C(=O)NC1CCC(Nc2cccc3nc(C(F)(F)F)cn23)CC1. The van der Waals surface area contributed by atoms with Gasteiger partial charge in [-0.05, 0) is 44.7 Å². The summed E-state index contributed by atoms with van der Waals surface area (Å²) in [7, 11) is 0. The lowest BCUT2D eigenvalue weighted by molar-refractivity contribution is -0.140. The van der Waals surface area contributed by atoms with Crippen molar-refractivity contribution in [2.75, 3.05) is 5.32 Å². The number of pyridine rings is 1. The zero-order valence-electron chi connectivity index (χ0n) is 15.9. The highest BCUT2D eigenvalue weighted by Gasteiger charge is 2.34. The fourth-order valence-electron chi connectivity index (χ4n) is 3.48. The largest absolute Gasteiger partial charge is 0.434 e. The van der Waals surface area contributed by atoms with Crippen LogP contribution in [0.25, 0.3) is 5.65 Å². The van der Waals surface area contributed by atoms with Crippen LogP contribution < -0.4 is 16.4 Å². The van der Waals surface area contributed by atoms with Gasteiger partial charge >= 0.3 is 6.18 Å². The van der Waals surface area contributed by atoms with Gasteiger partial charge in [-0.2, -0.15) is 13.2 Å². The summed E-state index contributed by atoms with van der Waals surface area (Å²) in [6.07, 6.45) is 0.354. The molecule has 0 radical (unpaired) electrons. The highest BCUT2D eigenvalue weighted by Crippen LogP contribution is 2.30. The van der Waals surface area contributed by atoms with E-state index in [4.69, 9.17) is 11.1 Å². The lowest BCUT2D eigenvalue weighted by Crippen LogP contribution is -2.41. The molecule has 5 N–H and O–H groups in total. The van der Waals surface area contributed by atoms with Crippen molar-refractivity contribution in [3.63, 3.8) is 0 Å². The molecule has 10 heteroatoms. The van der Waals surface area contributed by atoms with Crippen LogP contribution >= 0.6 is 0 Å². The number of hydrogen-bond donors (Lipinski definition) is 4. The molecule has 1 amide bonds. The third-order valence-corrected chi connectivity index (χ3v) is 5.01. The quantitative estimate of drug-likeness (QED) is 0.450. The molecule has 1 aliphatic rings. The molecule has 2 heterocycles. The van der Waals surface area contributed by atoms with Crippen LogP contribution in [0, 0.1) is 5.41 Å². The Morgan fingerprint density at radius 3 is 2.52 bits per heavy atom. The molecule has 0 aliphatic heterocycles. The smallest absolute Gasteiger partial charge is 0.402 e. The van der Waals surface area contributed by atoms with Gasteiger partial charge in [-0.15, -0.1) is 0 Å². The number of carbonyl (C=O) groups is 1. The Labute approximate surface area is 165 Å². The number of carbonyl (C=O) groups excluding carboxylic acids is 1. The van der Waals surface area contributed by atoms with E-state index in [2.05, 4.69) is 15.6 Å². The van der Waals surface area contributed by atoms with Crippen molar-refractivity contribution >= 4 is 23.6 Å². The molecule has 0 spiro atoms. The molecule has 156 valence electrons. The zero-order valence-corrected chi connectivity index (χ0v) is 15.9. The van der Waals surface area contributed by atoms with E-state index < -0.39 is 11.9 Å². The summed E-state index contributed by atoms with van der Waals surface area (Å²) in [5, 5.41) is 13.5. The van der Waals surface area contributed by atoms with Gasteiger partial charge in [-0.1, -0.05) is 6.07 Å². The monoisotopic (exact) mass is 408 g/mol. The molecular formula is C19H23F3N6O. The Kier molecular flexibility index (Phi) is 5.81. The number of aromatic nitrogens is 2. The van der Waals surface area contributed by atoms with E-state index in [0.717, 1.165) is 25.3 Å². The van der Waals surface area contributed by atoms with Gasteiger partial charge in [0.25, 0.3) is 5.91 Å². The molecule has 1 saturated carbocycles. The maximum Gasteiger partial charge on any atom is 0.434 e. The summed E-state index contributed by atoms with van der Waals surface area (Å²) in [4.78, 5) is 15.8. The average molecular weight is 408 g/mol. The molecule has 0 unspecified atom stereocenters. The van der Waals surface area contributed by atoms with Crippen LogP contribution in [0.5, 0.6) is 0 Å². The number of halogens is 3. The van der Waals surface area contributed by atoms with Gasteiger partial charge < -0.3 is 21.8 Å². The fourth-order valence-corrected chi connectivity index (χ4v) is 3.48. The molecule has 0 atom stereocenters. The Morgan fingerprint density at radius 2 is 1.93 bits per heavy atom. The van der Waals surface area contributed by atoms with Gasteiger partial charge in [0.1, 0.15) is 11.5 Å². The topological polar surface area (TPSA) is 108 Å². The second-order valence-corrected chi connectivity index (χ2v) is 7.17. The van der Waals surface area contributed by atoms with E-state index in [-0.39, 0.29) is 29.2 Å². The van der Waals surface area contributed by atoms with Gasteiger partial charge in [0.2, 0.25) is 0 Å². The van der Waals surface area contributed by atoms with Crippen molar-refractivity contribution in [2.45, 2.75) is 50.9 Å². The van der Waals surface area contributed by atoms with Crippen LogP contribution in [0.3, 0.4) is 0 Å². The first kappa shape index (κ1) is 20.7. The first-order valence-corrected chi connectivity index (χ1v) is 9.28. The Balaban J connectivity index is 1.63. The van der Waals surface area contributed by atoms with Crippen LogP contribution in [0.15, 0.2) is 35.7 Å². The van der Waals surface area contributed by atoms with E-state index in [1.54, 1.807) is 19.1 Å². The number of nitrogens with one attached hydrogen (secondary N) is 3.